The molecule has 0 saturated carbocycles. The summed E-state index contributed by atoms with van der Waals surface area (Å²) in [5, 5.41) is 9.73. The number of allylic oxidation sites excluding steroid dienone is 6. The third kappa shape index (κ3) is 3.46. The highest BCUT2D eigenvalue weighted by Gasteiger charge is 2.22. The van der Waals surface area contributed by atoms with Crippen molar-refractivity contribution < 1.29 is 0 Å². The lowest BCUT2D eigenvalue weighted by Crippen LogP contribution is -2.03. The molecular weight excluding hydrogens is 551 g/mol. The fourth-order valence-corrected chi connectivity index (χ4v) is 9.55. The summed E-state index contributed by atoms with van der Waals surface area (Å²) in [6.45, 7) is 0. The van der Waals surface area contributed by atoms with Gasteiger partial charge >= 0.3 is 0 Å². The summed E-state index contributed by atoms with van der Waals surface area (Å²) in [5.41, 5.74) is 9.66. The lowest BCUT2D eigenvalue weighted by atomic mass is 9.84. The Morgan fingerprint density at radius 3 is 2.30 bits per heavy atom. The number of benzene rings is 5. The van der Waals surface area contributed by atoms with Gasteiger partial charge in [0.2, 0.25) is 0 Å². The molecular formula is C42H31NS. The molecule has 1 nitrogen and oxygen atoms in total. The van der Waals surface area contributed by atoms with Crippen LogP contribution in [0.5, 0.6) is 0 Å². The fraction of sp³-hybridized carbons (Fsp3) is 0.143. The second kappa shape index (κ2) is 9.42. The number of nitrogens with zero attached hydrogens (tertiary/aromatic N) is 1. The SMILES string of the molecule is C1=Cc2c(sc3c2ccc2c3c3ccccc3n2C2=CCC(c3ccc4c(c3)c3c(c5ccccc54)CCC=C3)C=C2)CC1. The number of aromatic nitrogens is 1. The number of hydrogen-bond donors (Lipinski definition) is 0. The van der Waals surface area contributed by atoms with E-state index in [0.717, 1.165) is 32.1 Å². The van der Waals surface area contributed by atoms with Crippen molar-refractivity contribution >= 4 is 82.6 Å². The second-order valence-corrected chi connectivity index (χ2v) is 13.7. The van der Waals surface area contributed by atoms with E-state index in [1.54, 1.807) is 0 Å². The Bertz CT molecular complexity index is 2470. The lowest BCUT2D eigenvalue weighted by molar-refractivity contribution is 0.852. The maximum Gasteiger partial charge on any atom is 0.0555 e. The van der Waals surface area contributed by atoms with Crippen LogP contribution in [0.2, 0.25) is 0 Å². The molecule has 44 heavy (non-hydrogen) atoms. The molecule has 210 valence electrons. The minimum atomic E-state index is 0.369. The third-order valence-electron chi connectivity index (χ3n) is 10.2. The van der Waals surface area contributed by atoms with Crippen LogP contribution in [-0.4, -0.2) is 4.57 Å². The molecule has 2 aromatic heterocycles. The molecule has 7 aromatic rings. The van der Waals surface area contributed by atoms with Gasteiger partial charge in [0.25, 0.3) is 0 Å². The maximum atomic E-state index is 2.50. The van der Waals surface area contributed by atoms with Crippen LogP contribution in [0.1, 0.15) is 52.3 Å². The predicted molar refractivity (Wildman–Crippen MR) is 192 cm³/mol. The number of rotatable bonds is 2. The van der Waals surface area contributed by atoms with Crippen LogP contribution in [0.15, 0.2) is 109 Å². The summed E-state index contributed by atoms with van der Waals surface area (Å²) in [6, 6.07) is 29.9. The van der Waals surface area contributed by atoms with E-state index in [-0.39, 0.29) is 0 Å². The average Bonchev–Trinajstić information content (AvgIpc) is 3.64. The zero-order valence-electron chi connectivity index (χ0n) is 24.5. The Hall–Kier alpha value is -4.66. The van der Waals surface area contributed by atoms with Crippen LogP contribution in [0, 0.1) is 0 Å². The highest BCUT2D eigenvalue weighted by molar-refractivity contribution is 7.20. The normalized spacial score (nSPS) is 17.6. The molecule has 0 bridgehead atoms. The van der Waals surface area contributed by atoms with E-state index in [0.29, 0.717) is 5.92 Å². The van der Waals surface area contributed by atoms with Crippen molar-refractivity contribution in [3.05, 3.63) is 136 Å². The Morgan fingerprint density at radius 1 is 0.636 bits per heavy atom. The van der Waals surface area contributed by atoms with E-state index in [9.17, 15) is 0 Å². The van der Waals surface area contributed by atoms with E-state index in [1.165, 1.54) is 86.3 Å². The largest absolute Gasteiger partial charge is 0.310 e. The van der Waals surface area contributed by atoms with E-state index >= 15 is 0 Å². The van der Waals surface area contributed by atoms with E-state index in [1.807, 2.05) is 11.3 Å². The van der Waals surface area contributed by atoms with Crippen molar-refractivity contribution in [2.75, 3.05) is 0 Å². The van der Waals surface area contributed by atoms with Gasteiger partial charge in [0.05, 0.1) is 11.0 Å². The van der Waals surface area contributed by atoms with Crippen LogP contribution in [0.4, 0.5) is 0 Å². The minimum Gasteiger partial charge on any atom is -0.310 e. The lowest BCUT2D eigenvalue weighted by Gasteiger charge is -2.21. The summed E-state index contributed by atoms with van der Waals surface area (Å²) >= 11 is 2.01. The van der Waals surface area contributed by atoms with Gasteiger partial charge in [-0.2, -0.15) is 0 Å². The molecule has 2 heteroatoms. The molecule has 0 amide bonds. The fourth-order valence-electron chi connectivity index (χ4n) is 8.19. The van der Waals surface area contributed by atoms with Gasteiger partial charge < -0.3 is 4.57 Å². The number of aryl methyl sites for hydroxylation is 2. The van der Waals surface area contributed by atoms with Crippen molar-refractivity contribution in [1.82, 2.24) is 4.57 Å². The predicted octanol–water partition coefficient (Wildman–Crippen LogP) is 11.8. The molecule has 0 fully saturated rings. The molecule has 0 spiro atoms. The Balaban J connectivity index is 1.08. The van der Waals surface area contributed by atoms with E-state index < -0.39 is 0 Å². The quantitative estimate of drug-likeness (QED) is 0.179. The highest BCUT2D eigenvalue weighted by Crippen LogP contribution is 2.45. The van der Waals surface area contributed by atoms with Gasteiger partial charge in [-0.05, 0) is 100 Å². The minimum absolute atomic E-state index is 0.369. The van der Waals surface area contributed by atoms with Crippen LogP contribution in [-0.2, 0) is 12.8 Å². The first kappa shape index (κ1) is 24.7. The summed E-state index contributed by atoms with van der Waals surface area (Å²) in [5.74, 6) is 0.369. The molecule has 5 aromatic carbocycles. The van der Waals surface area contributed by atoms with Crippen LogP contribution in [0.25, 0.3) is 71.3 Å². The molecule has 2 heterocycles. The molecule has 3 aliphatic carbocycles. The molecule has 0 aliphatic heterocycles. The topological polar surface area (TPSA) is 4.93 Å². The molecule has 1 atom stereocenters. The van der Waals surface area contributed by atoms with Gasteiger partial charge in [0.15, 0.2) is 0 Å². The average molecular weight is 582 g/mol. The third-order valence-corrected chi connectivity index (χ3v) is 11.5. The smallest absolute Gasteiger partial charge is 0.0555 e. The number of para-hydroxylation sites is 1. The van der Waals surface area contributed by atoms with Crippen molar-refractivity contribution in [3.8, 4) is 0 Å². The van der Waals surface area contributed by atoms with Crippen LogP contribution < -0.4 is 0 Å². The van der Waals surface area contributed by atoms with Gasteiger partial charge in [-0.15, -0.1) is 11.3 Å². The summed E-state index contributed by atoms with van der Waals surface area (Å²) in [6.07, 6.45) is 22.2. The van der Waals surface area contributed by atoms with Crippen molar-refractivity contribution in [2.24, 2.45) is 0 Å². The summed E-state index contributed by atoms with van der Waals surface area (Å²) in [7, 11) is 0. The van der Waals surface area contributed by atoms with Crippen LogP contribution >= 0.6 is 11.3 Å². The number of hydrogen-bond acceptors (Lipinski definition) is 1. The highest BCUT2D eigenvalue weighted by atomic mass is 32.1. The van der Waals surface area contributed by atoms with Gasteiger partial charge in [-0.25, -0.2) is 0 Å². The molecule has 10 rings (SSSR count). The summed E-state index contributed by atoms with van der Waals surface area (Å²) in [4.78, 5) is 1.53. The van der Waals surface area contributed by atoms with Crippen molar-refractivity contribution in [1.29, 1.82) is 0 Å². The molecule has 0 saturated heterocycles. The number of thiophene rings is 1. The molecule has 0 N–H and O–H groups in total. The standard InChI is InChI=1S/C42H31NS/c1-2-11-31-29(9-1)30-10-3-4-12-32(30)37-25-27(19-22-33(31)37)26-17-20-28(21-18-26)43-38-15-7-5-14-36(38)41-39(43)24-23-35-34-13-6-8-16-40(34)44-42(35)41/h1-2,4-7,9,11-15,17,19-26H,3,8,10,16,18H2. The van der Waals surface area contributed by atoms with Gasteiger partial charge in [-0.1, -0.05) is 97.1 Å². The van der Waals surface area contributed by atoms with Crippen molar-refractivity contribution in [3.63, 3.8) is 0 Å². The van der Waals surface area contributed by atoms with Crippen molar-refractivity contribution in [2.45, 2.75) is 38.0 Å². The molecule has 1 unspecified atom stereocenters. The molecule has 0 radical (unpaired) electrons. The first-order chi connectivity index (χ1) is 21.8. The second-order valence-electron chi connectivity index (χ2n) is 12.6. The summed E-state index contributed by atoms with van der Waals surface area (Å²) < 4.78 is 3.94. The first-order valence-electron chi connectivity index (χ1n) is 16.0. The first-order valence-corrected chi connectivity index (χ1v) is 16.8. The van der Waals surface area contributed by atoms with Gasteiger partial charge in [-0.3, -0.25) is 0 Å². The van der Waals surface area contributed by atoms with E-state index in [2.05, 4.69) is 126 Å². The number of fused-ring (bicyclic) bond motifs is 13. The van der Waals surface area contributed by atoms with Gasteiger partial charge in [0, 0.05) is 37.4 Å². The Labute approximate surface area is 260 Å². The Kier molecular flexibility index (Phi) is 5.30. The monoisotopic (exact) mass is 581 g/mol. The maximum absolute atomic E-state index is 2.50. The Morgan fingerprint density at radius 2 is 1.41 bits per heavy atom. The van der Waals surface area contributed by atoms with Crippen LogP contribution in [0.3, 0.4) is 0 Å². The van der Waals surface area contributed by atoms with E-state index in [4.69, 9.17) is 0 Å². The van der Waals surface area contributed by atoms with Gasteiger partial charge in [0.1, 0.15) is 0 Å². The zero-order chi connectivity index (χ0) is 28.8. The zero-order valence-corrected chi connectivity index (χ0v) is 25.3. The molecule has 3 aliphatic rings.